The van der Waals surface area contributed by atoms with E-state index in [9.17, 15) is 0 Å². The second kappa shape index (κ2) is 13.0. The third-order valence-corrected chi connectivity index (χ3v) is 9.07. The molecule has 0 N–H and O–H groups in total. The highest BCUT2D eigenvalue weighted by molar-refractivity contribution is 6.62. The van der Waals surface area contributed by atoms with E-state index in [2.05, 4.69) is 150 Å². The highest BCUT2D eigenvalue weighted by Gasteiger charge is 2.51. The van der Waals surface area contributed by atoms with Gasteiger partial charge in [0.1, 0.15) is 0 Å². The molecular weight excluding hydrogens is 551 g/mol. The van der Waals surface area contributed by atoms with Crippen molar-refractivity contribution < 1.29 is 9.31 Å². The molecule has 4 nitrogen and oxygen atoms in total. The van der Waals surface area contributed by atoms with Crippen LogP contribution in [-0.4, -0.2) is 29.9 Å². The predicted molar refractivity (Wildman–Crippen MR) is 189 cm³/mol. The van der Waals surface area contributed by atoms with Crippen LogP contribution in [0.2, 0.25) is 0 Å². The maximum absolute atomic E-state index is 6.22. The first kappa shape index (κ1) is 30.7. The average molecular weight is 593 g/mol. The summed E-state index contributed by atoms with van der Waals surface area (Å²) in [6.07, 6.45) is 8.66. The van der Waals surface area contributed by atoms with Gasteiger partial charge in [-0.05, 0) is 86.3 Å². The number of nitrogens with zero attached hydrogens (tertiary/aromatic N) is 2. The van der Waals surface area contributed by atoms with Crippen LogP contribution in [0.25, 0.3) is 22.3 Å². The Kier molecular flexibility index (Phi) is 8.84. The van der Waals surface area contributed by atoms with Gasteiger partial charge in [-0.3, -0.25) is 4.99 Å². The second-order valence-electron chi connectivity index (χ2n) is 12.8. The van der Waals surface area contributed by atoms with Crippen molar-refractivity contribution in [1.29, 1.82) is 0 Å². The molecule has 4 aromatic rings. The van der Waals surface area contributed by atoms with E-state index >= 15 is 0 Å². The summed E-state index contributed by atoms with van der Waals surface area (Å²) in [4.78, 5) is 10.0. The molecule has 1 heterocycles. The molecule has 2 aliphatic rings. The first-order valence-corrected chi connectivity index (χ1v) is 15.9. The Bertz CT molecular complexity index is 1730. The van der Waals surface area contributed by atoms with E-state index in [-0.39, 0.29) is 18.3 Å². The summed E-state index contributed by atoms with van der Waals surface area (Å²) >= 11 is 0. The van der Waals surface area contributed by atoms with Crippen molar-refractivity contribution in [3.8, 4) is 22.3 Å². The minimum absolute atomic E-state index is 0.353. The van der Waals surface area contributed by atoms with Gasteiger partial charge in [0.05, 0.1) is 17.7 Å². The first-order chi connectivity index (χ1) is 21.7. The highest BCUT2D eigenvalue weighted by atomic mass is 16.7. The Labute approximate surface area is 268 Å². The van der Waals surface area contributed by atoms with Crippen molar-refractivity contribution in [2.75, 3.05) is 0 Å². The fraction of sp³-hybridized carbons (Fsp3) is 0.250. The number of hydrogen-bond donors (Lipinski definition) is 0. The number of benzene rings is 4. The molecule has 1 aliphatic heterocycles. The van der Waals surface area contributed by atoms with Crippen molar-refractivity contribution >= 4 is 24.1 Å². The van der Waals surface area contributed by atoms with E-state index in [1.54, 1.807) is 0 Å². The van der Waals surface area contributed by atoms with Crippen LogP contribution >= 0.6 is 0 Å². The van der Waals surface area contributed by atoms with E-state index in [1.165, 1.54) is 11.1 Å². The molecule has 45 heavy (non-hydrogen) atoms. The molecule has 1 aliphatic carbocycles. The van der Waals surface area contributed by atoms with Crippen LogP contribution in [0, 0.1) is 0 Å². The van der Waals surface area contributed by atoms with Gasteiger partial charge in [-0.25, -0.2) is 4.99 Å². The van der Waals surface area contributed by atoms with E-state index in [0.717, 1.165) is 57.7 Å². The highest BCUT2D eigenvalue weighted by Crippen LogP contribution is 2.36. The summed E-state index contributed by atoms with van der Waals surface area (Å²) < 4.78 is 12.4. The van der Waals surface area contributed by atoms with Crippen LogP contribution in [0.1, 0.15) is 58.6 Å². The zero-order valence-corrected chi connectivity index (χ0v) is 27.0. The SMILES string of the molecule is C/C(=N\C(=N/Cc1ccc(-c2ccccc2)cc1)C1=CCCC=C1)c1ccc(-c2ccc(B3OC(C)(C)C(C)(C)O3)cc2)cc1. The van der Waals surface area contributed by atoms with Crippen molar-refractivity contribution in [3.63, 3.8) is 0 Å². The van der Waals surface area contributed by atoms with Crippen molar-refractivity contribution in [2.24, 2.45) is 9.98 Å². The fourth-order valence-electron chi connectivity index (χ4n) is 5.51. The van der Waals surface area contributed by atoms with Crippen LogP contribution in [-0.2, 0) is 15.9 Å². The van der Waals surface area contributed by atoms with Gasteiger partial charge in [-0.1, -0.05) is 121 Å². The molecule has 4 aromatic carbocycles. The number of aliphatic imine (C=N–C) groups is 2. The van der Waals surface area contributed by atoms with Gasteiger partial charge in [-0.15, -0.1) is 0 Å². The van der Waals surface area contributed by atoms with Crippen molar-refractivity contribution in [3.05, 3.63) is 138 Å². The smallest absolute Gasteiger partial charge is 0.399 e. The monoisotopic (exact) mass is 592 g/mol. The molecule has 1 saturated heterocycles. The van der Waals surface area contributed by atoms with Crippen LogP contribution in [0.3, 0.4) is 0 Å². The van der Waals surface area contributed by atoms with Crippen molar-refractivity contribution in [1.82, 2.24) is 0 Å². The van der Waals surface area contributed by atoms with Gasteiger partial charge in [0, 0.05) is 11.3 Å². The van der Waals surface area contributed by atoms with Gasteiger partial charge >= 0.3 is 7.12 Å². The topological polar surface area (TPSA) is 43.2 Å². The van der Waals surface area contributed by atoms with Crippen LogP contribution in [0.5, 0.6) is 0 Å². The predicted octanol–water partition coefficient (Wildman–Crippen LogP) is 9.00. The van der Waals surface area contributed by atoms with Gasteiger partial charge in [-0.2, -0.15) is 0 Å². The van der Waals surface area contributed by atoms with Gasteiger partial charge in [0.25, 0.3) is 0 Å². The quantitative estimate of drug-likeness (QED) is 0.122. The number of amidine groups is 1. The minimum Gasteiger partial charge on any atom is -0.399 e. The number of rotatable bonds is 7. The van der Waals surface area contributed by atoms with Crippen LogP contribution < -0.4 is 5.46 Å². The first-order valence-electron chi connectivity index (χ1n) is 15.9. The zero-order chi connectivity index (χ0) is 31.4. The van der Waals surface area contributed by atoms with E-state index in [4.69, 9.17) is 19.3 Å². The molecule has 0 aromatic heterocycles. The molecule has 0 radical (unpaired) electrons. The lowest BCUT2D eigenvalue weighted by atomic mass is 9.78. The fourth-order valence-corrected chi connectivity index (χ4v) is 5.51. The van der Waals surface area contributed by atoms with Gasteiger partial charge < -0.3 is 9.31 Å². The Hall–Kier alpha value is -4.32. The molecule has 5 heteroatoms. The molecule has 0 spiro atoms. The van der Waals surface area contributed by atoms with Crippen LogP contribution in [0.4, 0.5) is 0 Å². The third-order valence-electron chi connectivity index (χ3n) is 9.07. The summed E-state index contributed by atoms with van der Waals surface area (Å²) in [5.74, 6) is 0.776. The molecule has 0 atom stereocenters. The summed E-state index contributed by atoms with van der Waals surface area (Å²) in [6, 6.07) is 36.2. The zero-order valence-electron chi connectivity index (χ0n) is 27.0. The van der Waals surface area contributed by atoms with E-state index < -0.39 is 0 Å². The van der Waals surface area contributed by atoms with Gasteiger partial charge in [0.2, 0.25) is 0 Å². The lowest BCUT2D eigenvalue weighted by Crippen LogP contribution is -2.41. The van der Waals surface area contributed by atoms with E-state index in [0.29, 0.717) is 6.54 Å². The Balaban J connectivity index is 1.17. The second-order valence-corrected chi connectivity index (χ2v) is 12.8. The summed E-state index contributed by atoms with van der Waals surface area (Å²) in [6.45, 7) is 11.0. The van der Waals surface area contributed by atoms with Crippen molar-refractivity contribution in [2.45, 2.75) is 65.2 Å². The van der Waals surface area contributed by atoms with Crippen LogP contribution in [0.15, 0.2) is 137 Å². The largest absolute Gasteiger partial charge is 0.494 e. The number of hydrogen-bond acceptors (Lipinski definition) is 3. The summed E-state index contributed by atoms with van der Waals surface area (Å²) in [5.41, 5.74) is 9.31. The maximum atomic E-state index is 6.22. The molecule has 226 valence electrons. The lowest BCUT2D eigenvalue weighted by molar-refractivity contribution is 0.00578. The summed E-state index contributed by atoms with van der Waals surface area (Å²) in [5, 5.41) is 0. The molecule has 0 saturated carbocycles. The summed E-state index contributed by atoms with van der Waals surface area (Å²) in [7, 11) is -0.357. The Morgan fingerprint density at radius 2 is 1.24 bits per heavy atom. The molecule has 6 rings (SSSR count). The standard InChI is InChI=1S/C40H41BN2O2/c1-29(31-20-22-34(23-21-31)35-24-26-37(27-25-35)41-44-39(2,3)40(4,5)45-41)43-38(36-14-10-7-11-15-36)42-28-30-16-18-33(19-17-30)32-12-8-6-9-13-32/h6,8-10,12-27H,7,11,28H2,1-5H3/b42-38-,43-29+. The molecule has 0 amide bonds. The maximum Gasteiger partial charge on any atom is 0.494 e. The lowest BCUT2D eigenvalue weighted by Gasteiger charge is -2.32. The van der Waals surface area contributed by atoms with Gasteiger partial charge in [0.15, 0.2) is 5.84 Å². The number of allylic oxidation sites excluding steroid dienone is 2. The Morgan fingerprint density at radius 1 is 0.689 bits per heavy atom. The molecule has 1 fully saturated rings. The average Bonchev–Trinajstić information content (AvgIpc) is 3.30. The molecular formula is C40H41BN2O2. The normalized spacial score (nSPS) is 17.8. The third kappa shape index (κ3) is 7.01. The van der Waals surface area contributed by atoms with E-state index in [1.807, 2.05) is 6.07 Å². The molecule has 0 bridgehead atoms. The molecule has 0 unspecified atom stereocenters. The minimum atomic E-state index is -0.357. The Morgan fingerprint density at radius 3 is 1.82 bits per heavy atom.